The first-order valence-corrected chi connectivity index (χ1v) is 9.63. The molecule has 0 bridgehead atoms. The molecular formula is C22H16N8O2. The third kappa shape index (κ3) is 3.45. The number of hydrogen-bond acceptors (Lipinski definition) is 8. The van der Waals surface area contributed by atoms with Crippen molar-refractivity contribution in [2.24, 2.45) is 5.10 Å². The number of nitrogen functional groups attached to an aromatic ring is 1. The molecule has 32 heavy (non-hydrogen) atoms. The number of nitrogens with zero attached hydrogens (tertiary/aromatic N) is 6. The number of nitrogens with one attached hydrogen (secondary N) is 1. The van der Waals surface area contributed by atoms with Crippen LogP contribution in [0.4, 0.5) is 5.82 Å². The Morgan fingerprint density at radius 3 is 2.59 bits per heavy atom. The molecule has 5 rings (SSSR count). The highest BCUT2D eigenvalue weighted by Crippen LogP contribution is 2.24. The van der Waals surface area contributed by atoms with Gasteiger partial charge in [0.05, 0.1) is 6.21 Å². The number of aromatic nitrogens is 5. The zero-order valence-electron chi connectivity index (χ0n) is 16.6. The minimum atomic E-state index is -0.548. The lowest BCUT2D eigenvalue weighted by Crippen LogP contribution is -2.22. The molecule has 0 radical (unpaired) electrons. The summed E-state index contributed by atoms with van der Waals surface area (Å²) in [5.74, 6) is -0.515. The van der Waals surface area contributed by atoms with Crippen LogP contribution in [0.15, 0.2) is 82.5 Å². The van der Waals surface area contributed by atoms with E-state index in [-0.39, 0.29) is 17.3 Å². The normalized spacial score (nSPS) is 11.2. The maximum absolute atomic E-state index is 13.1. The van der Waals surface area contributed by atoms with E-state index in [0.29, 0.717) is 11.3 Å². The highest BCUT2D eigenvalue weighted by molar-refractivity contribution is 6.02. The lowest BCUT2D eigenvalue weighted by Gasteiger charge is -2.05. The molecule has 0 spiro atoms. The van der Waals surface area contributed by atoms with Crippen molar-refractivity contribution in [3.05, 3.63) is 84.1 Å². The summed E-state index contributed by atoms with van der Waals surface area (Å²) in [6.07, 6.45) is 1.59. The fraction of sp³-hybridized carbons (Fsp3) is 0. The molecule has 5 aromatic rings. The topological polar surface area (TPSA) is 137 Å². The zero-order valence-corrected chi connectivity index (χ0v) is 16.6. The van der Waals surface area contributed by atoms with Gasteiger partial charge in [-0.3, -0.25) is 4.79 Å². The molecular weight excluding hydrogens is 408 g/mol. The smallest absolute Gasteiger partial charge is 0.292 e. The summed E-state index contributed by atoms with van der Waals surface area (Å²) in [5, 5.41) is 21.7. The van der Waals surface area contributed by atoms with Gasteiger partial charge in [-0.2, -0.15) is 9.78 Å². The van der Waals surface area contributed by atoms with E-state index in [9.17, 15) is 4.79 Å². The Labute approximate surface area is 181 Å². The SMILES string of the molecule is Nc1nonc1-n1nnc(-c2ccccc2)c1C(=O)N/N=C\c1cccc2ccccc12. The van der Waals surface area contributed by atoms with Crippen LogP contribution in [0.3, 0.4) is 0 Å². The molecule has 1 amide bonds. The Morgan fingerprint density at radius 1 is 1.00 bits per heavy atom. The minimum Gasteiger partial charge on any atom is -0.378 e. The molecule has 156 valence electrons. The fourth-order valence-electron chi connectivity index (χ4n) is 3.34. The third-order valence-corrected chi connectivity index (χ3v) is 4.82. The van der Waals surface area contributed by atoms with Gasteiger partial charge >= 0.3 is 0 Å². The van der Waals surface area contributed by atoms with Crippen molar-refractivity contribution >= 4 is 28.7 Å². The van der Waals surface area contributed by atoms with Crippen LogP contribution in [0.25, 0.3) is 27.8 Å². The lowest BCUT2D eigenvalue weighted by atomic mass is 10.1. The first kappa shape index (κ1) is 19.1. The molecule has 0 fully saturated rings. The fourth-order valence-corrected chi connectivity index (χ4v) is 3.34. The number of carbonyl (C=O) groups excluding carboxylic acids is 1. The van der Waals surface area contributed by atoms with Crippen molar-refractivity contribution in [2.75, 3.05) is 5.73 Å². The van der Waals surface area contributed by atoms with E-state index in [2.05, 4.69) is 35.8 Å². The van der Waals surface area contributed by atoms with Crippen molar-refractivity contribution in [1.29, 1.82) is 0 Å². The highest BCUT2D eigenvalue weighted by Gasteiger charge is 2.25. The molecule has 0 atom stereocenters. The number of rotatable bonds is 5. The summed E-state index contributed by atoms with van der Waals surface area (Å²) in [7, 11) is 0. The quantitative estimate of drug-likeness (QED) is 0.327. The minimum absolute atomic E-state index is 0.0252. The first-order valence-electron chi connectivity index (χ1n) is 9.63. The average Bonchev–Trinajstić information content (AvgIpc) is 3.45. The number of carbonyl (C=O) groups is 1. The van der Waals surface area contributed by atoms with Gasteiger partial charge in [0, 0.05) is 11.1 Å². The average molecular weight is 424 g/mol. The van der Waals surface area contributed by atoms with Crippen LogP contribution in [-0.4, -0.2) is 37.4 Å². The summed E-state index contributed by atoms with van der Waals surface area (Å²) in [4.78, 5) is 13.1. The molecule has 0 aliphatic heterocycles. The van der Waals surface area contributed by atoms with Gasteiger partial charge < -0.3 is 5.73 Å². The Balaban J connectivity index is 1.50. The molecule has 10 heteroatoms. The molecule has 0 saturated heterocycles. The van der Waals surface area contributed by atoms with Gasteiger partial charge in [-0.15, -0.1) is 5.10 Å². The molecule has 0 aliphatic carbocycles. The van der Waals surface area contributed by atoms with E-state index < -0.39 is 5.91 Å². The maximum Gasteiger partial charge on any atom is 0.292 e. The lowest BCUT2D eigenvalue weighted by molar-refractivity contribution is 0.0948. The van der Waals surface area contributed by atoms with E-state index >= 15 is 0 Å². The van der Waals surface area contributed by atoms with Gasteiger partial charge in [0.25, 0.3) is 5.91 Å². The largest absolute Gasteiger partial charge is 0.378 e. The van der Waals surface area contributed by atoms with E-state index in [4.69, 9.17) is 5.73 Å². The van der Waals surface area contributed by atoms with Crippen LogP contribution < -0.4 is 11.2 Å². The van der Waals surface area contributed by atoms with Gasteiger partial charge in [-0.05, 0) is 21.1 Å². The van der Waals surface area contributed by atoms with Gasteiger partial charge in [0.1, 0.15) is 5.69 Å². The Morgan fingerprint density at radius 2 is 1.78 bits per heavy atom. The molecule has 0 saturated carbocycles. The van der Waals surface area contributed by atoms with Crippen LogP contribution in [0, 0.1) is 0 Å². The molecule has 3 aromatic carbocycles. The Bertz CT molecular complexity index is 1430. The van der Waals surface area contributed by atoms with Crippen molar-refractivity contribution in [3.8, 4) is 17.1 Å². The second kappa shape index (κ2) is 8.11. The van der Waals surface area contributed by atoms with Gasteiger partial charge in [0.15, 0.2) is 5.69 Å². The predicted octanol–water partition coefficient (Wildman–Crippen LogP) is 2.82. The second-order valence-electron chi connectivity index (χ2n) is 6.81. The monoisotopic (exact) mass is 424 g/mol. The standard InChI is InChI=1S/C22H16N8O2/c23-20-21(28-32-27-20)30-19(18(25-29-30)15-8-2-1-3-9-15)22(31)26-24-13-16-11-6-10-14-7-4-5-12-17(14)16/h1-13H,(H2,23,27)(H,26,31)/b24-13-. The van der Waals surface area contributed by atoms with Gasteiger partial charge in [0.2, 0.25) is 11.6 Å². The molecule has 0 aliphatic rings. The van der Waals surface area contributed by atoms with Crippen molar-refractivity contribution in [2.45, 2.75) is 0 Å². The number of hydrogen-bond donors (Lipinski definition) is 2. The number of amides is 1. The zero-order chi connectivity index (χ0) is 21.9. The summed E-state index contributed by atoms with van der Waals surface area (Å²) >= 11 is 0. The molecule has 2 heterocycles. The van der Waals surface area contributed by atoms with Crippen LogP contribution in [-0.2, 0) is 0 Å². The summed E-state index contributed by atoms with van der Waals surface area (Å²) in [6.45, 7) is 0. The van der Waals surface area contributed by atoms with Crippen molar-refractivity contribution in [3.63, 3.8) is 0 Å². The maximum atomic E-state index is 13.1. The Kier molecular flexibility index (Phi) is 4.85. The highest BCUT2D eigenvalue weighted by atomic mass is 16.6. The van der Waals surface area contributed by atoms with E-state index in [0.717, 1.165) is 16.3 Å². The predicted molar refractivity (Wildman–Crippen MR) is 118 cm³/mol. The number of benzene rings is 3. The van der Waals surface area contributed by atoms with Crippen molar-refractivity contribution in [1.82, 2.24) is 30.7 Å². The molecule has 0 unspecified atom stereocenters. The summed E-state index contributed by atoms with van der Waals surface area (Å²) in [6, 6.07) is 22.9. The van der Waals surface area contributed by atoms with Gasteiger partial charge in [-0.1, -0.05) is 78.0 Å². The number of anilines is 1. The molecule has 2 aromatic heterocycles. The van der Waals surface area contributed by atoms with E-state index in [1.54, 1.807) is 6.21 Å². The van der Waals surface area contributed by atoms with Crippen LogP contribution in [0.5, 0.6) is 0 Å². The summed E-state index contributed by atoms with van der Waals surface area (Å²) in [5.41, 5.74) is 10.3. The molecule has 10 nitrogen and oxygen atoms in total. The van der Waals surface area contributed by atoms with E-state index in [1.165, 1.54) is 4.68 Å². The number of fused-ring (bicyclic) bond motifs is 1. The van der Waals surface area contributed by atoms with Crippen LogP contribution in [0.2, 0.25) is 0 Å². The number of hydrazone groups is 1. The summed E-state index contributed by atoms with van der Waals surface area (Å²) < 4.78 is 5.83. The van der Waals surface area contributed by atoms with Crippen LogP contribution in [0.1, 0.15) is 16.1 Å². The van der Waals surface area contributed by atoms with E-state index in [1.807, 2.05) is 72.8 Å². The van der Waals surface area contributed by atoms with Crippen molar-refractivity contribution < 1.29 is 9.42 Å². The molecule has 3 N–H and O–H groups in total. The van der Waals surface area contributed by atoms with Crippen LogP contribution >= 0.6 is 0 Å². The second-order valence-corrected chi connectivity index (χ2v) is 6.81. The Hall–Kier alpha value is -4.86. The van der Waals surface area contributed by atoms with Gasteiger partial charge in [-0.25, -0.2) is 10.1 Å². The number of nitrogens with two attached hydrogens (primary N) is 1. The third-order valence-electron chi connectivity index (χ3n) is 4.82. The first-order chi connectivity index (χ1) is 15.7.